The lowest BCUT2D eigenvalue weighted by Gasteiger charge is -2.31. The highest BCUT2D eigenvalue weighted by molar-refractivity contribution is 7.92. The van der Waals surface area contributed by atoms with Gasteiger partial charge < -0.3 is 14.8 Å². The lowest BCUT2D eigenvalue weighted by Crippen LogP contribution is -2.48. The number of benzene rings is 2. The molecule has 2 aromatic carbocycles. The third kappa shape index (κ3) is 5.11. The van der Waals surface area contributed by atoms with E-state index in [1.807, 2.05) is 6.92 Å². The van der Waals surface area contributed by atoms with E-state index in [1.165, 1.54) is 24.0 Å². The van der Waals surface area contributed by atoms with E-state index in [2.05, 4.69) is 23.5 Å². The molecule has 33 heavy (non-hydrogen) atoms. The van der Waals surface area contributed by atoms with E-state index >= 15 is 0 Å². The maximum atomic E-state index is 13.3. The summed E-state index contributed by atoms with van der Waals surface area (Å²) < 4.78 is 37.7. The minimum atomic E-state index is -3.73. The number of fused-ring (bicyclic) bond motifs is 2. The molecule has 1 heterocycles. The first-order valence-electron chi connectivity index (χ1n) is 11.6. The van der Waals surface area contributed by atoms with Crippen molar-refractivity contribution in [2.75, 3.05) is 23.8 Å². The van der Waals surface area contributed by atoms with E-state index in [0.29, 0.717) is 36.8 Å². The molecule has 4 rings (SSSR count). The van der Waals surface area contributed by atoms with Gasteiger partial charge in [0.25, 0.3) is 0 Å². The molecule has 8 heteroatoms. The number of carbonyl (C=O) groups is 1. The number of anilines is 1. The molecule has 1 aliphatic heterocycles. The van der Waals surface area contributed by atoms with Gasteiger partial charge in [0.1, 0.15) is 19.3 Å². The number of amides is 1. The summed E-state index contributed by atoms with van der Waals surface area (Å²) in [4.78, 5) is 13.3. The van der Waals surface area contributed by atoms with Gasteiger partial charge in [0.15, 0.2) is 11.5 Å². The van der Waals surface area contributed by atoms with Crippen LogP contribution in [0.3, 0.4) is 0 Å². The normalized spacial score (nSPS) is 16.9. The highest BCUT2D eigenvalue weighted by Crippen LogP contribution is 2.35. The predicted molar refractivity (Wildman–Crippen MR) is 128 cm³/mol. The van der Waals surface area contributed by atoms with Gasteiger partial charge in [-0.05, 0) is 67.9 Å². The van der Waals surface area contributed by atoms with Crippen molar-refractivity contribution >= 4 is 21.6 Å². The zero-order valence-corrected chi connectivity index (χ0v) is 20.3. The molecule has 2 atom stereocenters. The van der Waals surface area contributed by atoms with Crippen LogP contribution in [-0.4, -0.2) is 39.8 Å². The number of nitrogens with zero attached hydrogens (tertiary/aromatic N) is 1. The summed E-state index contributed by atoms with van der Waals surface area (Å²) in [5.41, 5.74) is 4.17. The van der Waals surface area contributed by atoms with Crippen LogP contribution in [-0.2, 0) is 27.7 Å². The molecule has 2 aliphatic rings. The van der Waals surface area contributed by atoms with E-state index in [1.54, 1.807) is 25.1 Å². The molecular formula is C25H32N2O5S. The topological polar surface area (TPSA) is 84.9 Å². The van der Waals surface area contributed by atoms with E-state index in [0.717, 1.165) is 29.0 Å². The first-order chi connectivity index (χ1) is 15.8. The molecule has 0 bridgehead atoms. The first-order valence-corrected chi connectivity index (χ1v) is 13.4. The molecule has 0 fully saturated rings. The maximum Gasteiger partial charge on any atom is 0.244 e. The smallest absolute Gasteiger partial charge is 0.244 e. The monoisotopic (exact) mass is 472 g/mol. The highest BCUT2D eigenvalue weighted by atomic mass is 32.2. The van der Waals surface area contributed by atoms with Gasteiger partial charge in [-0.3, -0.25) is 9.10 Å². The number of rotatable bonds is 7. The SMILES string of the molecule is CC[C@H](NC(=O)[C@@H](C)N(c1ccc2c(c1)OCCO2)S(C)(=O)=O)c1ccc2c(c1)CCCC2. The van der Waals surface area contributed by atoms with Crippen LogP contribution in [0, 0.1) is 0 Å². The fourth-order valence-electron chi connectivity index (χ4n) is 4.66. The maximum absolute atomic E-state index is 13.3. The summed E-state index contributed by atoms with van der Waals surface area (Å²) in [5.74, 6) is 0.689. The van der Waals surface area contributed by atoms with Crippen molar-refractivity contribution in [3.8, 4) is 11.5 Å². The number of hydrogen-bond donors (Lipinski definition) is 1. The molecule has 2 aromatic rings. The second-order valence-electron chi connectivity index (χ2n) is 8.77. The van der Waals surface area contributed by atoms with Gasteiger partial charge in [0.2, 0.25) is 15.9 Å². The number of aryl methyl sites for hydroxylation is 2. The fraction of sp³-hybridized carbons (Fsp3) is 0.480. The minimum absolute atomic E-state index is 0.186. The van der Waals surface area contributed by atoms with Gasteiger partial charge in [-0.15, -0.1) is 0 Å². The van der Waals surface area contributed by atoms with Gasteiger partial charge in [-0.1, -0.05) is 25.1 Å². The van der Waals surface area contributed by atoms with Crippen molar-refractivity contribution in [1.82, 2.24) is 5.32 Å². The van der Waals surface area contributed by atoms with Crippen LogP contribution in [0.15, 0.2) is 36.4 Å². The zero-order valence-electron chi connectivity index (χ0n) is 19.5. The fourth-order valence-corrected chi connectivity index (χ4v) is 5.83. The summed E-state index contributed by atoms with van der Waals surface area (Å²) in [6, 6.07) is 10.2. The van der Waals surface area contributed by atoms with Gasteiger partial charge in [0.05, 0.1) is 18.0 Å². The Bertz CT molecular complexity index is 1130. The summed E-state index contributed by atoms with van der Waals surface area (Å²) in [6.45, 7) is 4.46. The van der Waals surface area contributed by atoms with E-state index < -0.39 is 16.1 Å². The largest absolute Gasteiger partial charge is 0.486 e. The molecule has 0 spiro atoms. The van der Waals surface area contributed by atoms with Crippen LogP contribution >= 0.6 is 0 Å². The Balaban J connectivity index is 1.56. The molecule has 0 saturated carbocycles. The first kappa shape index (κ1) is 23.4. The zero-order chi connectivity index (χ0) is 23.6. The van der Waals surface area contributed by atoms with Gasteiger partial charge in [0, 0.05) is 6.07 Å². The molecule has 178 valence electrons. The molecule has 7 nitrogen and oxygen atoms in total. The molecular weight excluding hydrogens is 440 g/mol. The average molecular weight is 473 g/mol. The van der Waals surface area contributed by atoms with Crippen molar-refractivity contribution in [1.29, 1.82) is 0 Å². The average Bonchev–Trinajstić information content (AvgIpc) is 2.81. The lowest BCUT2D eigenvalue weighted by atomic mass is 9.88. The Morgan fingerprint density at radius 2 is 1.73 bits per heavy atom. The Morgan fingerprint density at radius 3 is 2.42 bits per heavy atom. The Labute approximate surface area is 196 Å². The van der Waals surface area contributed by atoms with Crippen LogP contribution in [0.1, 0.15) is 55.8 Å². The number of hydrogen-bond acceptors (Lipinski definition) is 5. The van der Waals surface area contributed by atoms with Crippen LogP contribution in [0.25, 0.3) is 0 Å². The second kappa shape index (κ2) is 9.63. The number of nitrogens with one attached hydrogen (secondary N) is 1. The van der Waals surface area contributed by atoms with Gasteiger partial charge in [-0.2, -0.15) is 0 Å². The second-order valence-corrected chi connectivity index (χ2v) is 10.6. The van der Waals surface area contributed by atoms with Crippen molar-refractivity contribution < 1.29 is 22.7 Å². The number of carbonyl (C=O) groups excluding carboxylic acids is 1. The summed E-state index contributed by atoms with van der Waals surface area (Å²) in [5, 5.41) is 3.07. The minimum Gasteiger partial charge on any atom is -0.486 e. The predicted octanol–water partition coefficient (Wildman–Crippen LogP) is 3.76. The molecule has 0 aromatic heterocycles. The molecule has 1 N–H and O–H groups in total. The molecule has 0 unspecified atom stereocenters. The van der Waals surface area contributed by atoms with Crippen molar-refractivity contribution in [2.45, 2.75) is 58.0 Å². The summed E-state index contributed by atoms with van der Waals surface area (Å²) in [7, 11) is -3.73. The van der Waals surface area contributed by atoms with E-state index in [4.69, 9.17) is 9.47 Å². The summed E-state index contributed by atoms with van der Waals surface area (Å²) >= 11 is 0. The molecule has 0 radical (unpaired) electrons. The third-order valence-electron chi connectivity index (χ3n) is 6.37. The number of sulfonamides is 1. The van der Waals surface area contributed by atoms with E-state index in [-0.39, 0.29) is 11.9 Å². The number of ether oxygens (including phenoxy) is 2. The standard InChI is InChI=1S/C25H32N2O5S/c1-4-22(20-10-9-18-7-5-6-8-19(18)15-20)26-25(28)17(2)27(33(3,29)30)21-11-12-23-24(16-21)32-14-13-31-23/h9-12,15-17,22H,4-8,13-14H2,1-3H3,(H,26,28)/t17-,22+/m1/s1. The van der Waals surface area contributed by atoms with Crippen LogP contribution in [0.2, 0.25) is 0 Å². The third-order valence-corrected chi connectivity index (χ3v) is 7.61. The van der Waals surface area contributed by atoms with E-state index in [9.17, 15) is 13.2 Å². The molecule has 1 amide bonds. The van der Waals surface area contributed by atoms with Gasteiger partial charge >= 0.3 is 0 Å². The van der Waals surface area contributed by atoms with Crippen molar-refractivity contribution in [3.63, 3.8) is 0 Å². The molecule has 0 saturated heterocycles. The quantitative estimate of drug-likeness (QED) is 0.663. The highest BCUT2D eigenvalue weighted by Gasteiger charge is 2.31. The Hall–Kier alpha value is -2.74. The van der Waals surface area contributed by atoms with Crippen molar-refractivity contribution in [2.24, 2.45) is 0 Å². The Morgan fingerprint density at radius 1 is 1.03 bits per heavy atom. The Kier molecular flexibility index (Phi) is 6.83. The summed E-state index contributed by atoms with van der Waals surface area (Å²) in [6.07, 6.45) is 6.40. The van der Waals surface area contributed by atoms with Crippen LogP contribution in [0.4, 0.5) is 5.69 Å². The molecule has 1 aliphatic carbocycles. The van der Waals surface area contributed by atoms with Crippen molar-refractivity contribution in [3.05, 3.63) is 53.1 Å². The van der Waals surface area contributed by atoms with Gasteiger partial charge in [-0.25, -0.2) is 8.42 Å². The van der Waals surface area contributed by atoms with Crippen LogP contribution < -0.4 is 19.1 Å². The van der Waals surface area contributed by atoms with Crippen LogP contribution in [0.5, 0.6) is 11.5 Å². The lowest BCUT2D eigenvalue weighted by molar-refractivity contribution is -0.122.